The highest BCUT2D eigenvalue weighted by Crippen LogP contribution is 2.24. The molecule has 1 N–H and O–H groups in total. The van der Waals surface area contributed by atoms with Crippen molar-refractivity contribution in [3.05, 3.63) is 59.6 Å². The molecule has 0 saturated heterocycles. The van der Waals surface area contributed by atoms with Crippen molar-refractivity contribution in [1.82, 2.24) is 19.7 Å². The normalized spacial score (nSPS) is 10.5. The lowest BCUT2D eigenvalue weighted by Gasteiger charge is -2.02. The number of carboxylic acid groups (broad SMARTS) is 1. The monoisotopic (exact) mass is 300 g/mol. The number of aromatic nitrogens is 4. The predicted molar refractivity (Wildman–Crippen MR) is 76.6 cm³/mol. The third kappa shape index (κ3) is 2.48. The van der Waals surface area contributed by atoms with Gasteiger partial charge in [-0.25, -0.2) is 9.48 Å². The van der Waals surface area contributed by atoms with Gasteiger partial charge in [0.15, 0.2) is 0 Å². The second-order valence-electron chi connectivity index (χ2n) is 4.18. The van der Waals surface area contributed by atoms with Crippen molar-refractivity contribution in [2.45, 2.75) is 0 Å². The van der Waals surface area contributed by atoms with Crippen LogP contribution in [-0.4, -0.2) is 30.8 Å². The van der Waals surface area contributed by atoms with E-state index in [4.69, 9.17) is 11.6 Å². The first-order valence-electron chi connectivity index (χ1n) is 6.01. The lowest BCUT2D eigenvalue weighted by molar-refractivity contribution is 0.0697. The number of carbonyl (C=O) groups is 1. The van der Waals surface area contributed by atoms with E-state index in [-0.39, 0.29) is 11.3 Å². The highest BCUT2D eigenvalue weighted by atomic mass is 35.5. The molecule has 2 aromatic heterocycles. The molecule has 7 heteroatoms. The Morgan fingerprint density at radius 1 is 1.24 bits per heavy atom. The highest BCUT2D eigenvalue weighted by molar-refractivity contribution is 6.32. The largest absolute Gasteiger partial charge is 0.478 e. The van der Waals surface area contributed by atoms with Crippen LogP contribution in [0.5, 0.6) is 0 Å². The van der Waals surface area contributed by atoms with Gasteiger partial charge in [-0.2, -0.15) is 5.10 Å². The predicted octanol–water partition coefficient (Wildman–Crippen LogP) is 2.68. The molecule has 0 unspecified atom stereocenters. The van der Waals surface area contributed by atoms with Crippen LogP contribution < -0.4 is 0 Å². The summed E-state index contributed by atoms with van der Waals surface area (Å²) >= 11 is 6.11. The second kappa shape index (κ2) is 5.34. The number of rotatable bonds is 3. The molecule has 0 bridgehead atoms. The Morgan fingerprint density at radius 3 is 2.71 bits per heavy atom. The summed E-state index contributed by atoms with van der Waals surface area (Å²) in [6.07, 6.45) is 5.86. The lowest BCUT2D eigenvalue weighted by Crippen LogP contribution is -1.97. The Bertz CT molecular complexity index is 802. The molecule has 0 saturated carbocycles. The molecule has 1 aromatic carbocycles. The molecule has 0 fully saturated rings. The average Bonchev–Trinajstić information content (AvgIpc) is 2.94. The number of hydrogen-bond acceptors (Lipinski definition) is 4. The molecule has 0 atom stereocenters. The van der Waals surface area contributed by atoms with Crippen LogP contribution in [-0.2, 0) is 0 Å². The van der Waals surface area contributed by atoms with E-state index in [1.54, 1.807) is 24.3 Å². The molecule has 0 aliphatic heterocycles. The van der Waals surface area contributed by atoms with Gasteiger partial charge in [0.1, 0.15) is 17.0 Å². The van der Waals surface area contributed by atoms with Crippen LogP contribution in [0.3, 0.4) is 0 Å². The fraction of sp³-hybridized carbons (Fsp3) is 0. The van der Waals surface area contributed by atoms with Gasteiger partial charge < -0.3 is 5.11 Å². The van der Waals surface area contributed by atoms with Crippen LogP contribution >= 0.6 is 11.6 Å². The summed E-state index contributed by atoms with van der Waals surface area (Å²) in [5.41, 5.74) is 1.27. The van der Waals surface area contributed by atoms with Crippen molar-refractivity contribution in [1.29, 1.82) is 0 Å². The summed E-state index contributed by atoms with van der Waals surface area (Å²) in [5.74, 6) is -1.09. The standard InChI is InChI=1S/C14H9ClN4O2/c15-10-3-1-2-4-12(10)19-8-9(14(20)21)13(18-19)11-7-16-5-6-17-11/h1-8H,(H,20,21). The van der Waals surface area contributed by atoms with Crippen LogP contribution in [0.2, 0.25) is 5.02 Å². The fourth-order valence-electron chi connectivity index (χ4n) is 1.90. The van der Waals surface area contributed by atoms with Crippen molar-refractivity contribution in [2.24, 2.45) is 0 Å². The SMILES string of the molecule is O=C(O)c1cn(-c2ccccc2Cl)nc1-c1cnccn1. The molecule has 0 aliphatic rings. The molecule has 3 aromatic rings. The van der Waals surface area contributed by atoms with Crippen molar-refractivity contribution < 1.29 is 9.90 Å². The van der Waals surface area contributed by atoms with Gasteiger partial charge in [-0.15, -0.1) is 0 Å². The number of hydrogen-bond donors (Lipinski definition) is 1. The summed E-state index contributed by atoms with van der Waals surface area (Å²) in [4.78, 5) is 19.4. The Morgan fingerprint density at radius 2 is 2.05 bits per heavy atom. The minimum absolute atomic E-state index is 0.0374. The first-order valence-corrected chi connectivity index (χ1v) is 6.39. The fourth-order valence-corrected chi connectivity index (χ4v) is 2.12. The lowest BCUT2D eigenvalue weighted by atomic mass is 10.2. The third-order valence-electron chi connectivity index (χ3n) is 2.85. The van der Waals surface area contributed by atoms with Gasteiger partial charge in [-0.1, -0.05) is 23.7 Å². The minimum atomic E-state index is -1.09. The maximum absolute atomic E-state index is 11.4. The summed E-state index contributed by atoms with van der Waals surface area (Å²) in [6, 6.07) is 7.05. The molecule has 2 heterocycles. The Kier molecular flexibility index (Phi) is 3.37. The van der Waals surface area contributed by atoms with Gasteiger partial charge in [0.05, 0.1) is 16.9 Å². The molecule has 0 aliphatic carbocycles. The van der Waals surface area contributed by atoms with E-state index < -0.39 is 5.97 Å². The van der Waals surface area contributed by atoms with E-state index >= 15 is 0 Å². The Balaban J connectivity index is 2.18. The summed E-state index contributed by atoms with van der Waals surface area (Å²) in [7, 11) is 0. The molecule has 6 nitrogen and oxygen atoms in total. The smallest absolute Gasteiger partial charge is 0.339 e. The van der Waals surface area contributed by atoms with Gasteiger partial charge in [0, 0.05) is 18.6 Å². The van der Waals surface area contributed by atoms with Gasteiger partial charge in [0.2, 0.25) is 0 Å². The summed E-state index contributed by atoms with van der Waals surface area (Å²) in [6.45, 7) is 0. The maximum atomic E-state index is 11.4. The molecular formula is C14H9ClN4O2. The van der Waals surface area contributed by atoms with Crippen molar-refractivity contribution >= 4 is 17.6 Å². The first-order chi connectivity index (χ1) is 10.2. The van der Waals surface area contributed by atoms with E-state index in [0.29, 0.717) is 16.4 Å². The maximum Gasteiger partial charge on any atom is 0.339 e. The third-order valence-corrected chi connectivity index (χ3v) is 3.17. The molecule has 0 radical (unpaired) electrons. The van der Waals surface area contributed by atoms with Gasteiger partial charge in [0.25, 0.3) is 0 Å². The van der Waals surface area contributed by atoms with Gasteiger partial charge in [-0.05, 0) is 12.1 Å². The van der Waals surface area contributed by atoms with Gasteiger partial charge >= 0.3 is 5.97 Å². The van der Waals surface area contributed by atoms with Gasteiger partial charge in [-0.3, -0.25) is 9.97 Å². The topological polar surface area (TPSA) is 80.9 Å². The number of benzene rings is 1. The molecule has 0 amide bonds. The van der Waals surface area contributed by atoms with Crippen molar-refractivity contribution in [3.8, 4) is 17.1 Å². The Labute approximate surface area is 124 Å². The van der Waals surface area contributed by atoms with E-state index in [1.807, 2.05) is 0 Å². The summed E-state index contributed by atoms with van der Waals surface area (Å²) in [5, 5.41) is 14.1. The quantitative estimate of drug-likeness (QED) is 0.804. The number of carboxylic acids is 1. The van der Waals surface area contributed by atoms with E-state index in [1.165, 1.54) is 29.5 Å². The van der Waals surface area contributed by atoms with E-state index in [0.717, 1.165) is 0 Å². The zero-order chi connectivity index (χ0) is 14.8. The zero-order valence-electron chi connectivity index (χ0n) is 10.6. The number of para-hydroxylation sites is 1. The highest BCUT2D eigenvalue weighted by Gasteiger charge is 2.19. The Hall–Kier alpha value is -2.73. The first kappa shape index (κ1) is 13.3. The molecule has 0 spiro atoms. The van der Waals surface area contributed by atoms with Crippen LogP contribution in [0.1, 0.15) is 10.4 Å². The van der Waals surface area contributed by atoms with Crippen LogP contribution in [0.25, 0.3) is 17.1 Å². The van der Waals surface area contributed by atoms with Crippen molar-refractivity contribution in [2.75, 3.05) is 0 Å². The number of halogens is 1. The second-order valence-corrected chi connectivity index (χ2v) is 4.59. The van der Waals surface area contributed by atoms with Crippen LogP contribution in [0, 0.1) is 0 Å². The minimum Gasteiger partial charge on any atom is -0.478 e. The molecule has 21 heavy (non-hydrogen) atoms. The molecule has 3 rings (SSSR count). The molecular weight excluding hydrogens is 292 g/mol. The number of nitrogens with zero attached hydrogens (tertiary/aromatic N) is 4. The van der Waals surface area contributed by atoms with Crippen LogP contribution in [0.4, 0.5) is 0 Å². The van der Waals surface area contributed by atoms with Crippen LogP contribution in [0.15, 0.2) is 49.1 Å². The average molecular weight is 301 g/mol. The van der Waals surface area contributed by atoms with Crippen molar-refractivity contribution in [3.63, 3.8) is 0 Å². The van der Waals surface area contributed by atoms with E-state index in [2.05, 4.69) is 15.1 Å². The van der Waals surface area contributed by atoms with E-state index in [9.17, 15) is 9.90 Å². The molecule has 104 valence electrons. The zero-order valence-corrected chi connectivity index (χ0v) is 11.4. The summed E-state index contributed by atoms with van der Waals surface area (Å²) < 4.78 is 1.43. The number of aromatic carboxylic acids is 1.